The minimum Gasteiger partial charge on any atom is -0.454 e. The number of carbonyl (C=O) groups excluding carboxylic acids is 2. The molecule has 1 saturated heterocycles. The zero-order chi connectivity index (χ0) is 23.3. The molecule has 0 saturated carbocycles. The molecule has 1 N–H and O–H groups in total. The Balaban J connectivity index is 1.78. The summed E-state index contributed by atoms with van der Waals surface area (Å²) in [5.41, 5.74) is 0.794. The van der Waals surface area contributed by atoms with Crippen LogP contribution in [-0.4, -0.2) is 48.8 Å². The predicted molar refractivity (Wildman–Crippen MR) is 104 cm³/mol. The molecule has 1 aliphatic rings. The van der Waals surface area contributed by atoms with E-state index in [9.17, 15) is 22.8 Å². The highest BCUT2D eigenvalue weighted by molar-refractivity contribution is 5.89. The number of amides is 1. The van der Waals surface area contributed by atoms with Gasteiger partial charge in [0, 0.05) is 0 Å². The number of halogens is 4. The fraction of sp³-hybridized carbons (Fsp3) is 0.364. The van der Waals surface area contributed by atoms with E-state index in [2.05, 4.69) is 0 Å². The van der Waals surface area contributed by atoms with Gasteiger partial charge in [0.2, 0.25) is 0 Å². The molecular formula is C22H21F4NO5. The van der Waals surface area contributed by atoms with Crippen LogP contribution < -0.4 is 5.32 Å². The Bertz CT molecular complexity index is 910. The summed E-state index contributed by atoms with van der Waals surface area (Å²) < 4.78 is 69.9. The number of esters is 1. The molecule has 10 heteroatoms. The van der Waals surface area contributed by atoms with Crippen LogP contribution in [0.4, 0.5) is 17.6 Å². The van der Waals surface area contributed by atoms with E-state index in [1.54, 1.807) is 53.8 Å². The molecule has 0 radical (unpaired) electrons. The van der Waals surface area contributed by atoms with E-state index in [0.29, 0.717) is 5.56 Å². The molecule has 32 heavy (non-hydrogen) atoms. The third-order valence-corrected chi connectivity index (χ3v) is 4.83. The second kappa shape index (κ2) is 10.1. The van der Waals surface area contributed by atoms with Crippen LogP contribution in [0.15, 0.2) is 60.7 Å². The van der Waals surface area contributed by atoms with Crippen molar-refractivity contribution >= 4 is 11.9 Å². The SMILES string of the molecule is C[C@@H]1O[C@H](OCc2ccccc2)[C@@H](F)[C@H](NC(=O)C(F)(F)F)[C@@H]1OC(=O)c1ccccc1. The van der Waals surface area contributed by atoms with Crippen LogP contribution in [0.5, 0.6) is 0 Å². The Hall–Kier alpha value is -2.98. The first kappa shape index (κ1) is 23.7. The molecule has 1 amide bonds. The van der Waals surface area contributed by atoms with Crippen molar-refractivity contribution in [2.24, 2.45) is 0 Å². The van der Waals surface area contributed by atoms with Crippen LogP contribution in [0.2, 0.25) is 0 Å². The molecule has 0 unspecified atom stereocenters. The Morgan fingerprint density at radius 2 is 1.62 bits per heavy atom. The quantitative estimate of drug-likeness (QED) is 0.533. The van der Waals surface area contributed by atoms with E-state index in [1.165, 1.54) is 19.1 Å². The lowest BCUT2D eigenvalue weighted by Crippen LogP contribution is -2.64. The lowest BCUT2D eigenvalue weighted by Gasteiger charge is -2.42. The minimum absolute atomic E-state index is 0.0763. The summed E-state index contributed by atoms with van der Waals surface area (Å²) in [6.07, 6.45) is -11.7. The summed E-state index contributed by atoms with van der Waals surface area (Å²) in [5, 5.41) is 1.60. The molecule has 0 aliphatic carbocycles. The molecule has 1 fully saturated rings. The molecule has 2 aromatic carbocycles. The van der Waals surface area contributed by atoms with Crippen LogP contribution >= 0.6 is 0 Å². The Morgan fingerprint density at radius 1 is 1.03 bits per heavy atom. The average Bonchev–Trinajstić information content (AvgIpc) is 2.77. The number of carbonyl (C=O) groups is 2. The molecule has 0 bridgehead atoms. The third-order valence-electron chi connectivity index (χ3n) is 4.83. The van der Waals surface area contributed by atoms with Crippen molar-refractivity contribution in [3.8, 4) is 0 Å². The van der Waals surface area contributed by atoms with Gasteiger partial charge in [-0.15, -0.1) is 0 Å². The van der Waals surface area contributed by atoms with Crippen LogP contribution in [0.3, 0.4) is 0 Å². The summed E-state index contributed by atoms with van der Waals surface area (Å²) >= 11 is 0. The first-order chi connectivity index (χ1) is 15.2. The first-order valence-corrected chi connectivity index (χ1v) is 9.75. The first-order valence-electron chi connectivity index (χ1n) is 9.75. The Labute approximate surface area is 181 Å². The normalized spacial score (nSPS) is 25.7. The summed E-state index contributed by atoms with van der Waals surface area (Å²) in [7, 11) is 0. The molecule has 0 spiro atoms. The highest BCUT2D eigenvalue weighted by Gasteiger charge is 2.51. The Kier molecular flexibility index (Phi) is 7.47. The maximum atomic E-state index is 15.2. The summed E-state index contributed by atoms with van der Waals surface area (Å²) in [5.74, 6) is -3.25. The third kappa shape index (κ3) is 5.83. The predicted octanol–water partition coefficient (Wildman–Crippen LogP) is 3.56. The summed E-state index contributed by atoms with van der Waals surface area (Å²) in [4.78, 5) is 24.0. The highest BCUT2D eigenvalue weighted by atomic mass is 19.4. The molecule has 3 rings (SSSR count). The molecule has 2 aromatic rings. The maximum Gasteiger partial charge on any atom is 0.471 e. The van der Waals surface area contributed by atoms with Gasteiger partial charge in [0.1, 0.15) is 6.04 Å². The fourth-order valence-electron chi connectivity index (χ4n) is 3.22. The van der Waals surface area contributed by atoms with Crippen molar-refractivity contribution in [3.63, 3.8) is 0 Å². The van der Waals surface area contributed by atoms with Crippen molar-refractivity contribution in [3.05, 3.63) is 71.8 Å². The van der Waals surface area contributed by atoms with Gasteiger partial charge in [-0.2, -0.15) is 13.2 Å². The monoisotopic (exact) mass is 455 g/mol. The second-order valence-corrected chi connectivity index (χ2v) is 7.18. The largest absolute Gasteiger partial charge is 0.471 e. The molecule has 1 aliphatic heterocycles. The van der Waals surface area contributed by atoms with E-state index in [1.807, 2.05) is 0 Å². The van der Waals surface area contributed by atoms with E-state index in [-0.39, 0.29) is 12.2 Å². The number of ether oxygens (including phenoxy) is 3. The van der Waals surface area contributed by atoms with Gasteiger partial charge in [-0.25, -0.2) is 9.18 Å². The smallest absolute Gasteiger partial charge is 0.454 e. The van der Waals surface area contributed by atoms with Crippen LogP contribution in [0.1, 0.15) is 22.8 Å². The zero-order valence-electron chi connectivity index (χ0n) is 16.9. The second-order valence-electron chi connectivity index (χ2n) is 7.18. The van der Waals surface area contributed by atoms with Gasteiger partial charge in [0.05, 0.1) is 18.3 Å². The van der Waals surface area contributed by atoms with Gasteiger partial charge in [-0.3, -0.25) is 4.79 Å². The number of alkyl halides is 4. The van der Waals surface area contributed by atoms with E-state index in [4.69, 9.17) is 14.2 Å². The topological polar surface area (TPSA) is 73.9 Å². The molecule has 6 nitrogen and oxygen atoms in total. The van der Waals surface area contributed by atoms with Crippen molar-refractivity contribution in [2.45, 2.75) is 50.4 Å². The van der Waals surface area contributed by atoms with E-state index < -0.39 is 48.8 Å². The number of hydrogen-bond donors (Lipinski definition) is 1. The van der Waals surface area contributed by atoms with Crippen molar-refractivity contribution in [2.75, 3.05) is 0 Å². The van der Waals surface area contributed by atoms with Crippen molar-refractivity contribution in [1.82, 2.24) is 5.32 Å². The zero-order valence-corrected chi connectivity index (χ0v) is 16.9. The van der Waals surface area contributed by atoms with E-state index >= 15 is 4.39 Å². The van der Waals surface area contributed by atoms with Gasteiger partial charge >= 0.3 is 18.1 Å². The van der Waals surface area contributed by atoms with Crippen molar-refractivity contribution < 1.29 is 41.4 Å². The number of hydrogen-bond acceptors (Lipinski definition) is 5. The van der Waals surface area contributed by atoms with Gasteiger partial charge in [-0.05, 0) is 24.6 Å². The number of nitrogens with one attached hydrogen (secondary N) is 1. The molecule has 5 atom stereocenters. The van der Waals surface area contributed by atoms with Crippen LogP contribution in [0, 0.1) is 0 Å². The van der Waals surface area contributed by atoms with Gasteiger partial charge in [0.25, 0.3) is 0 Å². The van der Waals surface area contributed by atoms with Crippen molar-refractivity contribution in [1.29, 1.82) is 0 Å². The highest BCUT2D eigenvalue weighted by Crippen LogP contribution is 2.29. The lowest BCUT2D eigenvalue weighted by atomic mass is 9.97. The van der Waals surface area contributed by atoms with Crippen LogP contribution in [0.25, 0.3) is 0 Å². The van der Waals surface area contributed by atoms with Gasteiger partial charge < -0.3 is 19.5 Å². The summed E-state index contributed by atoms with van der Waals surface area (Å²) in [6, 6.07) is 14.5. The fourth-order valence-corrected chi connectivity index (χ4v) is 3.22. The number of benzene rings is 2. The molecule has 0 aromatic heterocycles. The molecular weight excluding hydrogens is 434 g/mol. The van der Waals surface area contributed by atoms with Gasteiger partial charge in [-0.1, -0.05) is 48.5 Å². The standard InChI is InChI=1S/C22H21F4NO5/c1-13-18(32-19(28)15-10-6-3-7-11-15)17(27-21(29)22(24,25)26)16(23)20(31-13)30-12-14-8-4-2-5-9-14/h2-11,13,16-18,20H,12H2,1H3,(H,27,29)/t13-,16-,17-,18+,20-/m0/s1. The van der Waals surface area contributed by atoms with Crippen LogP contribution in [-0.2, 0) is 25.6 Å². The maximum absolute atomic E-state index is 15.2. The summed E-state index contributed by atoms with van der Waals surface area (Å²) in [6.45, 7) is 1.31. The van der Waals surface area contributed by atoms with E-state index in [0.717, 1.165) is 0 Å². The molecule has 172 valence electrons. The average molecular weight is 455 g/mol. The Morgan fingerprint density at radius 3 is 2.22 bits per heavy atom. The lowest BCUT2D eigenvalue weighted by molar-refractivity contribution is -0.260. The minimum atomic E-state index is -5.25. The van der Waals surface area contributed by atoms with Gasteiger partial charge in [0.15, 0.2) is 18.6 Å². The molecule has 1 heterocycles. The number of rotatable bonds is 6.